The Balaban J connectivity index is 1.57. The van der Waals surface area contributed by atoms with Crippen LogP contribution in [0.1, 0.15) is 39.3 Å². The molecule has 2 heterocycles. The summed E-state index contributed by atoms with van der Waals surface area (Å²) in [5.41, 5.74) is 4.96. The number of carbonyl (C=O) groups excluding carboxylic acids is 1. The molecule has 10 heteroatoms. The average Bonchev–Trinajstić information content (AvgIpc) is 3.58. The molecular weight excluding hydrogens is 513 g/mol. The van der Waals surface area contributed by atoms with Crippen molar-refractivity contribution in [3.63, 3.8) is 0 Å². The van der Waals surface area contributed by atoms with Gasteiger partial charge in [-0.15, -0.1) is 0 Å². The normalized spacial score (nSPS) is 12.3. The zero-order valence-corrected chi connectivity index (χ0v) is 23.5. The van der Waals surface area contributed by atoms with E-state index in [1.54, 1.807) is 38.4 Å². The first-order valence-corrected chi connectivity index (χ1v) is 13.2. The molecule has 0 fully saturated rings. The first-order valence-electron chi connectivity index (χ1n) is 13.2. The lowest BCUT2D eigenvalue weighted by atomic mass is 10.1. The lowest BCUT2D eigenvalue weighted by Crippen LogP contribution is -2.34. The van der Waals surface area contributed by atoms with Gasteiger partial charge in [-0.2, -0.15) is 5.10 Å². The number of nitrogens with zero attached hydrogens (tertiary/aromatic N) is 4. The van der Waals surface area contributed by atoms with Crippen molar-refractivity contribution in [1.29, 1.82) is 0 Å². The summed E-state index contributed by atoms with van der Waals surface area (Å²) in [5, 5.41) is 8.20. The number of aromatic amines is 1. The van der Waals surface area contributed by atoms with Gasteiger partial charge in [0, 0.05) is 55.5 Å². The van der Waals surface area contributed by atoms with E-state index in [1.165, 1.54) is 12.1 Å². The maximum absolute atomic E-state index is 14.0. The predicted octanol–water partition coefficient (Wildman–Crippen LogP) is 4.56. The summed E-state index contributed by atoms with van der Waals surface area (Å²) >= 11 is 0. The van der Waals surface area contributed by atoms with E-state index in [0.717, 1.165) is 47.0 Å². The van der Waals surface area contributed by atoms with Crippen LogP contribution in [0.2, 0.25) is 0 Å². The van der Waals surface area contributed by atoms with Gasteiger partial charge in [-0.3, -0.25) is 9.89 Å². The highest BCUT2D eigenvalue weighted by Gasteiger charge is 2.28. The second-order valence-electron chi connectivity index (χ2n) is 10.1. The molecule has 2 aromatic carbocycles. The van der Waals surface area contributed by atoms with Gasteiger partial charge in [0.1, 0.15) is 11.6 Å². The van der Waals surface area contributed by atoms with Gasteiger partial charge in [0.15, 0.2) is 17.2 Å². The van der Waals surface area contributed by atoms with Gasteiger partial charge in [-0.25, -0.2) is 9.37 Å². The number of ether oxygens (including phenoxy) is 3. The van der Waals surface area contributed by atoms with E-state index in [-0.39, 0.29) is 18.3 Å². The quantitative estimate of drug-likeness (QED) is 0.311. The third kappa shape index (κ3) is 5.13. The first kappa shape index (κ1) is 27.2. The van der Waals surface area contributed by atoms with Crippen LogP contribution in [0, 0.1) is 5.82 Å². The van der Waals surface area contributed by atoms with Crippen molar-refractivity contribution >= 4 is 22.6 Å². The van der Waals surface area contributed by atoms with E-state index < -0.39 is 0 Å². The summed E-state index contributed by atoms with van der Waals surface area (Å²) in [5.74, 6) is 1.77. The zero-order chi connectivity index (χ0) is 28.4. The van der Waals surface area contributed by atoms with Crippen LogP contribution in [-0.4, -0.2) is 68.0 Å². The summed E-state index contributed by atoms with van der Waals surface area (Å²) in [6, 6.07) is 10.2. The first-order chi connectivity index (χ1) is 19.3. The number of H-pyrrole nitrogens is 1. The van der Waals surface area contributed by atoms with Crippen molar-refractivity contribution in [1.82, 2.24) is 20.1 Å². The van der Waals surface area contributed by atoms with Gasteiger partial charge >= 0.3 is 0 Å². The molecule has 0 radical (unpaired) electrons. The molecule has 9 nitrogen and oxygen atoms in total. The molecule has 1 aliphatic carbocycles. The molecule has 0 atom stereocenters. The van der Waals surface area contributed by atoms with Crippen molar-refractivity contribution in [2.75, 3.05) is 46.9 Å². The van der Waals surface area contributed by atoms with Crippen molar-refractivity contribution < 1.29 is 23.4 Å². The zero-order valence-electron chi connectivity index (χ0n) is 23.5. The summed E-state index contributed by atoms with van der Waals surface area (Å²) in [4.78, 5) is 22.6. The summed E-state index contributed by atoms with van der Waals surface area (Å²) in [6.45, 7) is 0.704. The molecule has 1 aliphatic rings. The van der Waals surface area contributed by atoms with Crippen LogP contribution in [-0.2, 0) is 25.8 Å². The van der Waals surface area contributed by atoms with Crippen LogP contribution >= 0.6 is 0 Å². The monoisotopic (exact) mass is 547 g/mol. The predicted molar refractivity (Wildman–Crippen MR) is 151 cm³/mol. The smallest absolute Gasteiger partial charge is 0.274 e. The van der Waals surface area contributed by atoms with Crippen molar-refractivity contribution in [3.8, 4) is 17.2 Å². The third-order valence-electron chi connectivity index (χ3n) is 7.34. The molecule has 1 amide bonds. The van der Waals surface area contributed by atoms with E-state index in [9.17, 15) is 9.18 Å². The lowest BCUT2D eigenvalue weighted by Gasteiger charge is -2.26. The number of amides is 1. The highest BCUT2D eigenvalue weighted by atomic mass is 19.1. The molecule has 210 valence electrons. The Bertz CT molecular complexity index is 1530. The highest BCUT2D eigenvalue weighted by Crippen LogP contribution is 2.44. The summed E-state index contributed by atoms with van der Waals surface area (Å²) < 4.78 is 30.4. The Hall–Kier alpha value is -4.34. The third-order valence-corrected chi connectivity index (χ3v) is 7.34. The Kier molecular flexibility index (Phi) is 7.77. The number of pyridine rings is 1. The Morgan fingerprint density at radius 1 is 1.02 bits per heavy atom. The van der Waals surface area contributed by atoms with E-state index in [1.807, 2.05) is 31.1 Å². The largest absolute Gasteiger partial charge is 0.493 e. The van der Waals surface area contributed by atoms with Crippen molar-refractivity contribution in [2.45, 2.75) is 32.2 Å². The SMILES string of the molecule is COc1cc2nc(N(C)C)c(CN(CCc3ccc(F)cc3)C(=O)c3n[nH]c4c3CCC4)cc2c(OC)c1OC. The molecule has 0 saturated carbocycles. The topological polar surface area (TPSA) is 92.8 Å². The van der Waals surface area contributed by atoms with E-state index in [4.69, 9.17) is 19.2 Å². The number of aromatic nitrogens is 3. The number of hydrogen-bond donors (Lipinski definition) is 1. The number of carbonyl (C=O) groups is 1. The maximum Gasteiger partial charge on any atom is 0.274 e. The van der Waals surface area contributed by atoms with Crippen LogP contribution in [0.4, 0.5) is 10.2 Å². The molecule has 0 unspecified atom stereocenters. The average molecular weight is 548 g/mol. The van der Waals surface area contributed by atoms with Gasteiger partial charge in [0.05, 0.1) is 26.8 Å². The molecule has 4 aromatic rings. The minimum Gasteiger partial charge on any atom is -0.493 e. The standard InChI is InChI=1S/C30H34FN5O4/c1-35(2)29-19(15-22-24(32-29)16-25(38-3)28(40-5)27(22)39-4)17-36(14-13-18-9-11-20(31)12-10-18)30(37)26-21-7-6-8-23(21)33-34-26/h9-12,15-16H,6-8,13-14,17H2,1-5H3,(H,33,34). The summed E-state index contributed by atoms with van der Waals surface area (Å²) in [6.07, 6.45) is 3.29. The van der Waals surface area contributed by atoms with Gasteiger partial charge in [-0.1, -0.05) is 12.1 Å². The molecule has 0 aliphatic heterocycles. The van der Waals surface area contributed by atoms with E-state index >= 15 is 0 Å². The van der Waals surface area contributed by atoms with Crippen LogP contribution < -0.4 is 19.1 Å². The number of nitrogens with one attached hydrogen (secondary N) is 1. The van der Waals surface area contributed by atoms with Crippen LogP contribution in [0.3, 0.4) is 0 Å². The van der Waals surface area contributed by atoms with Gasteiger partial charge in [0.2, 0.25) is 5.75 Å². The van der Waals surface area contributed by atoms with Crippen molar-refractivity contribution in [3.05, 3.63) is 70.3 Å². The van der Waals surface area contributed by atoms with Crippen LogP contribution in [0.5, 0.6) is 17.2 Å². The molecule has 1 N–H and O–H groups in total. The Morgan fingerprint density at radius 3 is 2.45 bits per heavy atom. The molecule has 0 saturated heterocycles. The number of rotatable bonds is 10. The molecule has 0 bridgehead atoms. The van der Waals surface area contributed by atoms with E-state index in [2.05, 4.69) is 10.2 Å². The fourth-order valence-electron chi connectivity index (χ4n) is 5.34. The number of hydrogen-bond acceptors (Lipinski definition) is 7. The Morgan fingerprint density at radius 2 is 1.77 bits per heavy atom. The number of halogens is 1. The van der Waals surface area contributed by atoms with E-state index in [0.29, 0.717) is 47.2 Å². The van der Waals surface area contributed by atoms with Crippen molar-refractivity contribution in [2.24, 2.45) is 0 Å². The molecule has 0 spiro atoms. The number of anilines is 1. The van der Waals surface area contributed by atoms with Gasteiger partial charge in [0.25, 0.3) is 5.91 Å². The number of fused-ring (bicyclic) bond motifs is 2. The fourth-order valence-corrected chi connectivity index (χ4v) is 5.34. The fraction of sp³-hybridized carbons (Fsp3) is 0.367. The van der Waals surface area contributed by atoms with Gasteiger partial charge in [-0.05, 0) is 49.4 Å². The maximum atomic E-state index is 14.0. The molecule has 2 aromatic heterocycles. The molecular formula is C30H34FN5O4. The number of benzene rings is 2. The highest BCUT2D eigenvalue weighted by molar-refractivity contribution is 5.95. The number of methoxy groups -OCH3 is 3. The van der Waals surface area contributed by atoms with Gasteiger partial charge < -0.3 is 24.0 Å². The Labute approximate surface area is 232 Å². The minimum atomic E-state index is -0.289. The minimum absolute atomic E-state index is 0.148. The van der Waals surface area contributed by atoms with Crippen LogP contribution in [0.15, 0.2) is 36.4 Å². The second kappa shape index (κ2) is 11.4. The molecule has 5 rings (SSSR count). The summed E-state index contributed by atoms with van der Waals surface area (Å²) in [7, 11) is 8.54. The lowest BCUT2D eigenvalue weighted by molar-refractivity contribution is 0.0738. The molecule has 40 heavy (non-hydrogen) atoms. The second-order valence-corrected chi connectivity index (χ2v) is 10.1. The number of aryl methyl sites for hydroxylation is 1. The van der Waals surface area contributed by atoms with Crippen LogP contribution in [0.25, 0.3) is 10.9 Å².